The molecule has 0 radical (unpaired) electrons. The molecule has 0 fully saturated rings. The summed E-state index contributed by atoms with van der Waals surface area (Å²) in [5, 5.41) is 2.36. The van der Waals surface area contributed by atoms with E-state index in [2.05, 4.69) is 348 Å². The summed E-state index contributed by atoms with van der Waals surface area (Å²) in [6.07, 6.45) is 0. The molecule has 0 N–H and O–H groups in total. The molecule has 14 aromatic rings. The Labute approximate surface area is 493 Å². The van der Waals surface area contributed by atoms with Gasteiger partial charge in [-0.2, -0.15) is 0 Å². The summed E-state index contributed by atoms with van der Waals surface area (Å²) in [6, 6.07) is 124. The monoisotopic (exact) mass is 1080 g/mol. The predicted molar refractivity (Wildman–Crippen MR) is 354 cm³/mol. The third-order valence-corrected chi connectivity index (χ3v) is 17.6. The molecule has 13 aromatic carbocycles. The van der Waals surface area contributed by atoms with Crippen LogP contribution in [0.3, 0.4) is 0 Å². The second kappa shape index (κ2) is 20.4. The van der Waals surface area contributed by atoms with Crippen molar-refractivity contribution in [3.63, 3.8) is 0 Å². The minimum Gasteiger partial charge on any atom is -0.310 e. The Kier molecular flexibility index (Phi) is 12.2. The van der Waals surface area contributed by atoms with Crippen LogP contribution in [0.15, 0.2) is 334 Å². The highest BCUT2D eigenvalue weighted by Gasteiger charge is 2.53. The average molecular weight is 1080 g/mol. The second-order valence-electron chi connectivity index (χ2n) is 21.9. The van der Waals surface area contributed by atoms with E-state index in [0.29, 0.717) is 0 Å². The van der Waals surface area contributed by atoms with Crippen LogP contribution in [0, 0.1) is 0 Å². The van der Waals surface area contributed by atoms with Gasteiger partial charge < -0.3 is 14.4 Å². The van der Waals surface area contributed by atoms with Crippen molar-refractivity contribution >= 4 is 55.9 Å². The Balaban J connectivity index is 0.00000320. The van der Waals surface area contributed by atoms with Crippen molar-refractivity contribution in [2.24, 2.45) is 0 Å². The van der Waals surface area contributed by atoms with E-state index in [1.54, 1.807) is 0 Å². The maximum Gasteiger partial charge on any atom is 0.0743 e. The normalized spacial score (nSPS) is 13.1. The summed E-state index contributed by atoms with van der Waals surface area (Å²) in [5.41, 5.74) is 23.0. The molecule has 3 nitrogen and oxygen atoms in total. The quantitative estimate of drug-likeness (QED) is 0.121. The fourth-order valence-electron chi connectivity index (χ4n) is 14.2. The molecule has 2 aliphatic rings. The first kappa shape index (κ1) is 50.2. The highest BCUT2D eigenvalue weighted by molar-refractivity contribution is 6.17. The molecule has 0 amide bonds. The topological polar surface area (TPSA) is 11.4 Å². The van der Waals surface area contributed by atoms with Gasteiger partial charge in [0.15, 0.2) is 0 Å². The standard InChI is InChI=1S/C80H55N3.CH4.H2/c1-9-26-56(27-10-1)58-44-48-66(49-45-58)81(64-38-21-7-22-39-64)68-52-70-71-53-69(82(65-40-23-8-24-41-65)67-50-46-59(47-51-67)57-28-11-2-12-29-57)55-75-77(71)83-76(70)74(54-68)79(60-30-13-3-14-31-60,61-32-15-4-16-33-61)72-42-25-43-73(78(72)83)80(75,62-34-17-5-18-35-62)63-36-19-6-20-37-63;;/h1-55H;1H4;1H. The van der Waals surface area contributed by atoms with Crippen LogP contribution in [-0.2, 0) is 10.8 Å². The van der Waals surface area contributed by atoms with Crippen LogP contribution >= 0.6 is 0 Å². The summed E-state index contributed by atoms with van der Waals surface area (Å²) in [4.78, 5) is 4.93. The molecule has 0 unspecified atom stereocenters. The molecular formula is C81H61N3. The van der Waals surface area contributed by atoms with Crippen molar-refractivity contribution in [2.75, 3.05) is 9.80 Å². The smallest absolute Gasteiger partial charge is 0.0743 e. The molecule has 16 rings (SSSR count). The van der Waals surface area contributed by atoms with Crippen molar-refractivity contribution in [3.05, 3.63) is 378 Å². The zero-order valence-corrected chi connectivity index (χ0v) is 45.6. The van der Waals surface area contributed by atoms with Gasteiger partial charge in [0, 0.05) is 46.3 Å². The molecule has 2 aliphatic heterocycles. The summed E-state index contributed by atoms with van der Waals surface area (Å²) < 4.78 is 2.69. The molecule has 0 saturated heterocycles. The molecule has 0 bridgehead atoms. The number of aromatic nitrogens is 1. The Morgan fingerprint density at radius 1 is 0.238 bits per heavy atom. The fourth-order valence-corrected chi connectivity index (χ4v) is 14.2. The molecule has 400 valence electrons. The summed E-state index contributed by atoms with van der Waals surface area (Å²) in [5.74, 6) is 0. The van der Waals surface area contributed by atoms with E-state index in [0.717, 1.165) is 34.1 Å². The number of anilines is 6. The first-order valence-corrected chi connectivity index (χ1v) is 28.7. The van der Waals surface area contributed by atoms with Crippen molar-refractivity contribution in [3.8, 4) is 27.9 Å². The van der Waals surface area contributed by atoms with Gasteiger partial charge in [0.05, 0.1) is 27.6 Å². The van der Waals surface area contributed by atoms with Gasteiger partial charge in [-0.15, -0.1) is 0 Å². The van der Waals surface area contributed by atoms with Crippen LogP contribution in [0.4, 0.5) is 34.1 Å². The third kappa shape index (κ3) is 7.59. The molecule has 3 heteroatoms. The van der Waals surface area contributed by atoms with Gasteiger partial charge >= 0.3 is 0 Å². The van der Waals surface area contributed by atoms with Gasteiger partial charge in [0.25, 0.3) is 0 Å². The van der Waals surface area contributed by atoms with Gasteiger partial charge in [-0.05, 0) is 140 Å². The summed E-state index contributed by atoms with van der Waals surface area (Å²) in [7, 11) is 0. The molecule has 3 heterocycles. The zero-order chi connectivity index (χ0) is 54.9. The first-order valence-electron chi connectivity index (χ1n) is 28.7. The Morgan fingerprint density at radius 3 is 0.833 bits per heavy atom. The van der Waals surface area contributed by atoms with Crippen molar-refractivity contribution in [1.29, 1.82) is 0 Å². The van der Waals surface area contributed by atoms with Crippen LogP contribution < -0.4 is 9.80 Å². The van der Waals surface area contributed by atoms with Crippen molar-refractivity contribution < 1.29 is 1.43 Å². The number of hydrogen-bond acceptors (Lipinski definition) is 2. The lowest BCUT2D eigenvalue weighted by atomic mass is 9.58. The summed E-state index contributed by atoms with van der Waals surface area (Å²) in [6.45, 7) is 0. The highest BCUT2D eigenvalue weighted by Crippen LogP contribution is 2.63. The van der Waals surface area contributed by atoms with E-state index in [9.17, 15) is 0 Å². The number of para-hydroxylation sites is 3. The zero-order valence-electron chi connectivity index (χ0n) is 45.6. The van der Waals surface area contributed by atoms with E-state index in [4.69, 9.17) is 0 Å². The van der Waals surface area contributed by atoms with Crippen LogP contribution in [0.25, 0.3) is 49.7 Å². The number of hydrogen-bond donors (Lipinski definition) is 0. The van der Waals surface area contributed by atoms with E-state index in [-0.39, 0.29) is 8.85 Å². The average Bonchev–Trinajstić information content (AvgIpc) is 1.60. The minimum atomic E-state index is -0.790. The predicted octanol–water partition coefficient (Wildman–Crippen LogP) is 21.3. The largest absolute Gasteiger partial charge is 0.310 e. The molecule has 0 spiro atoms. The van der Waals surface area contributed by atoms with Gasteiger partial charge in [-0.1, -0.05) is 268 Å². The van der Waals surface area contributed by atoms with Gasteiger partial charge in [0.2, 0.25) is 0 Å². The number of rotatable bonds is 12. The number of benzene rings is 13. The van der Waals surface area contributed by atoms with Crippen molar-refractivity contribution in [2.45, 2.75) is 18.3 Å². The number of fused-ring (bicyclic) bond motifs is 1. The molecular weight excluding hydrogens is 1010 g/mol. The fraction of sp³-hybridized carbons (Fsp3) is 0.0370. The molecule has 84 heavy (non-hydrogen) atoms. The lowest BCUT2D eigenvalue weighted by Gasteiger charge is -2.48. The van der Waals surface area contributed by atoms with Crippen LogP contribution in [0.2, 0.25) is 0 Å². The van der Waals surface area contributed by atoms with Crippen LogP contribution in [0.1, 0.15) is 53.4 Å². The van der Waals surface area contributed by atoms with Crippen LogP contribution in [-0.4, -0.2) is 4.57 Å². The Morgan fingerprint density at radius 2 is 0.512 bits per heavy atom. The van der Waals surface area contributed by atoms with E-state index in [1.165, 1.54) is 94.3 Å². The number of nitrogens with zero attached hydrogens (tertiary/aromatic N) is 3. The van der Waals surface area contributed by atoms with Crippen LogP contribution in [0.5, 0.6) is 0 Å². The lowest BCUT2D eigenvalue weighted by molar-refractivity contribution is 0.684. The first-order chi connectivity index (χ1) is 41.2. The van der Waals surface area contributed by atoms with E-state index >= 15 is 0 Å². The van der Waals surface area contributed by atoms with Gasteiger partial charge in [-0.25, -0.2) is 0 Å². The van der Waals surface area contributed by atoms with Crippen molar-refractivity contribution in [1.82, 2.24) is 4.57 Å². The minimum absolute atomic E-state index is 0. The van der Waals surface area contributed by atoms with E-state index in [1.807, 2.05) is 0 Å². The Bertz CT molecular complexity index is 4290. The highest BCUT2D eigenvalue weighted by atomic mass is 15.2. The molecule has 0 atom stereocenters. The maximum atomic E-state index is 2.69. The lowest BCUT2D eigenvalue weighted by Crippen LogP contribution is -2.41. The SMILES string of the molecule is C.[HH].c1ccc(-c2ccc(N(c3ccccc3)c3cc4c5c(c3)c3cc(N(c6ccccc6)c6ccc(-c7ccccc7)cc6)cc6c3n5-c3c(cccc3C6(c3ccccc3)c3ccccc3)C4(c3ccccc3)c3ccccc3)cc2)cc1. The molecule has 0 saturated carbocycles. The summed E-state index contributed by atoms with van der Waals surface area (Å²) >= 11 is 0. The second-order valence-corrected chi connectivity index (χ2v) is 21.9. The van der Waals surface area contributed by atoms with E-state index < -0.39 is 10.8 Å². The molecule has 0 aliphatic carbocycles. The maximum absolute atomic E-state index is 2.69. The van der Waals surface area contributed by atoms with Gasteiger partial charge in [0.1, 0.15) is 0 Å². The third-order valence-electron chi connectivity index (χ3n) is 17.6. The van der Waals surface area contributed by atoms with Gasteiger partial charge in [-0.3, -0.25) is 0 Å². The molecule has 1 aromatic heterocycles. The Hall–Kier alpha value is -10.7.